The molecule has 0 radical (unpaired) electrons. The maximum atomic E-state index is 12.6. The van der Waals surface area contributed by atoms with Gasteiger partial charge in [-0.3, -0.25) is 4.79 Å². The molecule has 4 nitrogen and oxygen atoms in total. The lowest BCUT2D eigenvalue weighted by Gasteiger charge is -2.30. The summed E-state index contributed by atoms with van der Waals surface area (Å²) in [5.41, 5.74) is 0.313. The first-order chi connectivity index (χ1) is 8.95. The van der Waals surface area contributed by atoms with E-state index in [1.54, 1.807) is 12.0 Å². The monoisotopic (exact) mass is 300 g/mol. The number of nitrogens with one attached hydrogen (secondary N) is 1. The van der Waals surface area contributed by atoms with Crippen LogP contribution in [0.3, 0.4) is 0 Å². The number of carbonyl (C=O) groups excluding carboxylic acids is 1. The molecule has 1 aromatic rings. The summed E-state index contributed by atoms with van der Waals surface area (Å²) in [7, 11) is 5.34. The molecular weight excluding hydrogens is 276 g/mol. The number of benzene rings is 1. The summed E-state index contributed by atoms with van der Waals surface area (Å²) in [6.07, 6.45) is 0. The molecule has 0 saturated heterocycles. The van der Waals surface area contributed by atoms with Gasteiger partial charge in [-0.25, -0.2) is 0 Å². The largest absolute Gasteiger partial charge is 0.496 e. The van der Waals surface area contributed by atoms with Crippen LogP contribution in [0.25, 0.3) is 0 Å². The Labute approximate surface area is 127 Å². The van der Waals surface area contributed by atoms with E-state index in [9.17, 15) is 4.79 Å². The first-order valence-electron chi connectivity index (χ1n) is 6.48. The quantitative estimate of drug-likeness (QED) is 0.874. The van der Waals surface area contributed by atoms with Gasteiger partial charge in [-0.15, -0.1) is 12.4 Å². The topological polar surface area (TPSA) is 41.6 Å². The Bertz CT molecular complexity index is 436. The smallest absolute Gasteiger partial charge is 0.232 e. The molecule has 0 spiro atoms. The van der Waals surface area contributed by atoms with Crippen molar-refractivity contribution in [3.8, 4) is 5.75 Å². The fourth-order valence-corrected chi connectivity index (χ4v) is 2.13. The molecule has 0 atom stereocenters. The third-order valence-electron chi connectivity index (χ3n) is 3.36. The second-order valence-electron chi connectivity index (χ2n) is 5.16. The number of nitrogens with zero attached hydrogens (tertiary/aromatic N) is 1. The number of methoxy groups -OCH3 is 1. The van der Waals surface area contributed by atoms with Crippen molar-refractivity contribution < 1.29 is 9.53 Å². The van der Waals surface area contributed by atoms with E-state index in [1.165, 1.54) is 0 Å². The van der Waals surface area contributed by atoms with E-state index >= 15 is 0 Å². The lowest BCUT2D eigenvalue weighted by molar-refractivity contribution is -0.134. The van der Waals surface area contributed by atoms with E-state index in [-0.39, 0.29) is 18.3 Å². The predicted molar refractivity (Wildman–Crippen MR) is 84.8 cm³/mol. The van der Waals surface area contributed by atoms with Crippen LogP contribution in [0.2, 0.25) is 0 Å². The number of hydrogen-bond donors (Lipinski definition) is 1. The number of likely N-dealkylation sites (N-methyl/N-ethyl adjacent to an activating group) is 2. The van der Waals surface area contributed by atoms with Crippen molar-refractivity contribution in [3.05, 3.63) is 29.8 Å². The Balaban J connectivity index is 0.00000361. The molecule has 1 aromatic carbocycles. The maximum Gasteiger partial charge on any atom is 0.232 e. The van der Waals surface area contributed by atoms with Gasteiger partial charge in [0, 0.05) is 25.7 Å². The van der Waals surface area contributed by atoms with Crippen LogP contribution in [0.1, 0.15) is 19.4 Å². The lowest BCUT2D eigenvalue weighted by Crippen LogP contribution is -2.43. The Morgan fingerprint density at radius 3 is 2.50 bits per heavy atom. The van der Waals surface area contributed by atoms with E-state index in [2.05, 4.69) is 5.32 Å². The molecule has 0 aliphatic rings. The number of halogens is 1. The molecule has 0 heterocycles. The standard InChI is InChI=1S/C15H24N2O2.ClH/c1-15(2,14(18)17(4)11-10-16-3)12-8-6-7-9-13(12)19-5;/h6-9,16H,10-11H2,1-5H3;1H. The molecule has 0 unspecified atom stereocenters. The number of hydrogen-bond acceptors (Lipinski definition) is 3. The van der Waals surface area contributed by atoms with Gasteiger partial charge in [0.05, 0.1) is 12.5 Å². The lowest BCUT2D eigenvalue weighted by atomic mass is 9.82. The second-order valence-corrected chi connectivity index (χ2v) is 5.16. The molecule has 114 valence electrons. The van der Waals surface area contributed by atoms with Crippen LogP contribution >= 0.6 is 12.4 Å². The van der Waals surface area contributed by atoms with E-state index in [0.717, 1.165) is 17.9 Å². The highest BCUT2D eigenvalue weighted by molar-refractivity contribution is 5.88. The van der Waals surface area contributed by atoms with Crippen LogP contribution in [0.4, 0.5) is 0 Å². The van der Waals surface area contributed by atoms with Crippen molar-refractivity contribution in [1.29, 1.82) is 0 Å². The summed E-state index contributed by atoms with van der Waals surface area (Å²) in [6, 6.07) is 7.68. The Morgan fingerprint density at radius 2 is 1.95 bits per heavy atom. The molecule has 0 aliphatic carbocycles. The van der Waals surface area contributed by atoms with Crippen molar-refractivity contribution >= 4 is 18.3 Å². The fourth-order valence-electron chi connectivity index (χ4n) is 2.13. The Hall–Kier alpha value is -1.26. The zero-order chi connectivity index (χ0) is 14.5. The molecular formula is C15H25ClN2O2. The molecule has 20 heavy (non-hydrogen) atoms. The second kappa shape index (κ2) is 8.12. The van der Waals surface area contributed by atoms with Crippen molar-refractivity contribution in [2.24, 2.45) is 0 Å². The molecule has 0 fully saturated rings. The summed E-state index contributed by atoms with van der Waals surface area (Å²) in [6.45, 7) is 5.34. The Morgan fingerprint density at radius 1 is 1.35 bits per heavy atom. The summed E-state index contributed by atoms with van der Waals surface area (Å²) < 4.78 is 5.36. The summed E-state index contributed by atoms with van der Waals surface area (Å²) in [4.78, 5) is 14.3. The molecule has 0 bridgehead atoms. The summed E-state index contributed by atoms with van der Waals surface area (Å²) in [5, 5.41) is 3.05. The van der Waals surface area contributed by atoms with Gasteiger partial charge in [-0.05, 0) is 27.0 Å². The van der Waals surface area contributed by atoms with Crippen molar-refractivity contribution in [2.75, 3.05) is 34.3 Å². The van der Waals surface area contributed by atoms with Gasteiger partial charge >= 0.3 is 0 Å². The predicted octanol–water partition coefficient (Wildman–Crippen LogP) is 2.07. The molecule has 0 aliphatic heterocycles. The maximum absolute atomic E-state index is 12.6. The minimum atomic E-state index is -0.602. The summed E-state index contributed by atoms with van der Waals surface area (Å²) >= 11 is 0. The van der Waals surface area contributed by atoms with Crippen LogP contribution in [-0.4, -0.2) is 45.1 Å². The van der Waals surface area contributed by atoms with E-state index in [1.807, 2.05) is 52.2 Å². The Kier molecular flexibility index (Phi) is 7.61. The molecule has 0 saturated carbocycles. The molecule has 1 N–H and O–H groups in total. The third-order valence-corrected chi connectivity index (χ3v) is 3.36. The highest BCUT2D eigenvalue weighted by atomic mass is 35.5. The minimum Gasteiger partial charge on any atom is -0.496 e. The van der Waals surface area contributed by atoms with Gasteiger partial charge in [0.1, 0.15) is 5.75 Å². The fraction of sp³-hybridized carbons (Fsp3) is 0.533. The van der Waals surface area contributed by atoms with Crippen LogP contribution in [0.15, 0.2) is 24.3 Å². The highest BCUT2D eigenvalue weighted by Gasteiger charge is 2.34. The number of para-hydroxylation sites is 1. The van der Waals surface area contributed by atoms with Crippen molar-refractivity contribution in [1.82, 2.24) is 10.2 Å². The third kappa shape index (κ3) is 4.12. The van der Waals surface area contributed by atoms with Gasteiger partial charge in [0.2, 0.25) is 5.91 Å². The summed E-state index contributed by atoms with van der Waals surface area (Å²) in [5.74, 6) is 0.843. The highest BCUT2D eigenvalue weighted by Crippen LogP contribution is 2.32. The zero-order valence-electron chi connectivity index (χ0n) is 12.9. The van der Waals surface area contributed by atoms with E-state index in [0.29, 0.717) is 6.54 Å². The molecule has 1 amide bonds. The van der Waals surface area contributed by atoms with Crippen LogP contribution in [-0.2, 0) is 10.2 Å². The minimum absolute atomic E-state index is 0. The SMILES string of the molecule is CNCCN(C)C(=O)C(C)(C)c1ccccc1OC.Cl. The van der Waals surface area contributed by atoms with Gasteiger partial charge in [0.15, 0.2) is 0 Å². The van der Waals surface area contributed by atoms with Crippen LogP contribution in [0.5, 0.6) is 5.75 Å². The van der Waals surface area contributed by atoms with Gasteiger partial charge < -0.3 is 15.0 Å². The average Bonchev–Trinajstić information content (AvgIpc) is 2.43. The average molecular weight is 301 g/mol. The van der Waals surface area contributed by atoms with E-state index in [4.69, 9.17) is 4.74 Å². The molecule has 5 heteroatoms. The van der Waals surface area contributed by atoms with Gasteiger partial charge in [0.25, 0.3) is 0 Å². The number of ether oxygens (including phenoxy) is 1. The zero-order valence-corrected chi connectivity index (χ0v) is 13.7. The number of amides is 1. The van der Waals surface area contributed by atoms with Gasteiger partial charge in [-0.2, -0.15) is 0 Å². The number of rotatable bonds is 6. The molecule has 0 aromatic heterocycles. The van der Waals surface area contributed by atoms with Gasteiger partial charge in [-0.1, -0.05) is 18.2 Å². The first kappa shape index (κ1) is 18.7. The van der Waals surface area contributed by atoms with Crippen LogP contribution < -0.4 is 10.1 Å². The molecule has 1 rings (SSSR count). The first-order valence-corrected chi connectivity index (χ1v) is 6.48. The van der Waals surface area contributed by atoms with Crippen molar-refractivity contribution in [2.45, 2.75) is 19.3 Å². The van der Waals surface area contributed by atoms with E-state index < -0.39 is 5.41 Å². The van der Waals surface area contributed by atoms with Crippen LogP contribution in [0, 0.1) is 0 Å². The number of carbonyl (C=O) groups is 1. The normalized spacial score (nSPS) is 10.7. The van der Waals surface area contributed by atoms with Crippen molar-refractivity contribution in [3.63, 3.8) is 0 Å².